The third-order valence-corrected chi connectivity index (χ3v) is 5.86. The largest absolute Gasteiger partial charge is 0.489 e. The van der Waals surface area contributed by atoms with Crippen LogP contribution in [0, 0.1) is 20.8 Å². The van der Waals surface area contributed by atoms with Crippen LogP contribution in [0.5, 0.6) is 11.5 Å². The van der Waals surface area contributed by atoms with Crippen LogP contribution in [0.3, 0.4) is 0 Å². The lowest BCUT2D eigenvalue weighted by Gasteiger charge is -2.14. The Morgan fingerprint density at radius 2 is 1.78 bits per heavy atom. The topological polar surface area (TPSA) is 69.7 Å². The van der Waals surface area contributed by atoms with Crippen molar-refractivity contribution < 1.29 is 22.1 Å². The SMILES string of the molecule is C=CCOc1cc(OS(=O)(=O)c2c(C)cc(C)cc2C)ccc1C(=O)CBr. The van der Waals surface area contributed by atoms with Crippen LogP contribution in [-0.2, 0) is 10.1 Å². The van der Waals surface area contributed by atoms with Gasteiger partial charge in [-0.1, -0.05) is 46.3 Å². The molecule has 27 heavy (non-hydrogen) atoms. The molecule has 5 nitrogen and oxygen atoms in total. The highest BCUT2D eigenvalue weighted by Gasteiger charge is 2.23. The van der Waals surface area contributed by atoms with Gasteiger partial charge < -0.3 is 8.92 Å². The van der Waals surface area contributed by atoms with Gasteiger partial charge in [0.2, 0.25) is 0 Å². The van der Waals surface area contributed by atoms with Crippen molar-refractivity contribution in [2.24, 2.45) is 0 Å². The van der Waals surface area contributed by atoms with Crippen molar-refractivity contribution in [2.45, 2.75) is 25.7 Å². The molecule has 2 aromatic rings. The van der Waals surface area contributed by atoms with E-state index in [9.17, 15) is 13.2 Å². The molecule has 0 aliphatic carbocycles. The summed E-state index contributed by atoms with van der Waals surface area (Å²) in [6.45, 7) is 9.11. The molecule has 0 bridgehead atoms. The lowest BCUT2D eigenvalue weighted by atomic mass is 10.1. The zero-order valence-electron chi connectivity index (χ0n) is 15.4. The van der Waals surface area contributed by atoms with E-state index in [2.05, 4.69) is 22.5 Å². The van der Waals surface area contributed by atoms with Crippen LogP contribution in [-0.4, -0.2) is 26.1 Å². The van der Waals surface area contributed by atoms with E-state index in [0.717, 1.165) is 5.56 Å². The Kier molecular flexibility index (Phi) is 6.84. The molecule has 0 aromatic heterocycles. The Balaban J connectivity index is 2.44. The summed E-state index contributed by atoms with van der Waals surface area (Å²) in [6, 6.07) is 7.91. The van der Waals surface area contributed by atoms with Gasteiger partial charge in [-0.05, 0) is 44.0 Å². The molecule has 0 amide bonds. The summed E-state index contributed by atoms with van der Waals surface area (Å²) in [4.78, 5) is 12.2. The number of ketones is 1. The van der Waals surface area contributed by atoms with Crippen molar-refractivity contribution in [2.75, 3.05) is 11.9 Å². The number of benzene rings is 2. The number of rotatable bonds is 8. The first kappa shape index (κ1) is 21.2. The Labute approximate surface area is 168 Å². The molecular weight excluding hydrogens is 432 g/mol. The van der Waals surface area contributed by atoms with E-state index in [1.165, 1.54) is 24.3 Å². The molecule has 2 rings (SSSR count). The van der Waals surface area contributed by atoms with Gasteiger partial charge in [0, 0.05) is 6.07 Å². The number of hydrogen-bond donors (Lipinski definition) is 0. The van der Waals surface area contributed by atoms with E-state index in [1.54, 1.807) is 26.0 Å². The molecule has 144 valence electrons. The standard InChI is InChI=1S/C20H21BrO5S/c1-5-8-25-19-11-16(6-7-17(19)18(22)12-21)26-27(23,24)20-14(3)9-13(2)10-15(20)4/h5-7,9-11H,1,8,12H2,2-4H3. The summed E-state index contributed by atoms with van der Waals surface area (Å²) in [5, 5.41) is 0.123. The normalized spacial score (nSPS) is 11.1. The van der Waals surface area contributed by atoms with Crippen LogP contribution in [0.2, 0.25) is 0 Å². The second-order valence-electron chi connectivity index (χ2n) is 6.08. The van der Waals surface area contributed by atoms with Crippen molar-refractivity contribution >= 4 is 31.8 Å². The molecule has 2 aromatic carbocycles. The van der Waals surface area contributed by atoms with Gasteiger partial charge in [0.15, 0.2) is 5.78 Å². The van der Waals surface area contributed by atoms with Gasteiger partial charge in [-0.3, -0.25) is 4.79 Å². The molecule has 0 fully saturated rings. The first-order chi connectivity index (χ1) is 12.7. The molecule has 0 N–H and O–H groups in total. The number of halogens is 1. The monoisotopic (exact) mass is 452 g/mol. The second-order valence-corrected chi connectivity index (χ2v) is 8.12. The summed E-state index contributed by atoms with van der Waals surface area (Å²) in [5.74, 6) is 0.123. The minimum Gasteiger partial charge on any atom is -0.489 e. The predicted molar refractivity (Wildman–Crippen MR) is 109 cm³/mol. The Morgan fingerprint density at radius 3 is 2.33 bits per heavy atom. The van der Waals surface area contributed by atoms with Crippen LogP contribution >= 0.6 is 15.9 Å². The molecule has 0 unspecified atom stereocenters. The van der Waals surface area contributed by atoms with Gasteiger partial charge in [-0.15, -0.1) is 0 Å². The second kappa shape index (κ2) is 8.71. The maximum atomic E-state index is 12.8. The van der Waals surface area contributed by atoms with Gasteiger partial charge in [0.1, 0.15) is 23.0 Å². The van der Waals surface area contributed by atoms with Crippen molar-refractivity contribution in [3.63, 3.8) is 0 Å². The van der Waals surface area contributed by atoms with Gasteiger partial charge in [-0.2, -0.15) is 8.42 Å². The smallest absolute Gasteiger partial charge is 0.339 e. The molecule has 0 heterocycles. The quantitative estimate of drug-likeness (QED) is 0.254. The van der Waals surface area contributed by atoms with E-state index in [-0.39, 0.29) is 34.1 Å². The number of Topliss-reactive ketones (excluding diaryl/α,β-unsaturated/α-hetero) is 1. The van der Waals surface area contributed by atoms with E-state index >= 15 is 0 Å². The number of carbonyl (C=O) groups excluding carboxylic acids is 1. The fourth-order valence-electron chi connectivity index (χ4n) is 2.85. The summed E-state index contributed by atoms with van der Waals surface area (Å²) < 4.78 is 36.4. The fourth-order valence-corrected chi connectivity index (χ4v) is 4.50. The number of alkyl halides is 1. The molecule has 0 saturated heterocycles. The number of carbonyl (C=O) groups is 1. The van der Waals surface area contributed by atoms with E-state index in [1.807, 2.05) is 6.92 Å². The molecule has 7 heteroatoms. The van der Waals surface area contributed by atoms with Crippen LogP contribution in [0.15, 0.2) is 47.9 Å². The first-order valence-corrected chi connectivity index (χ1v) is 10.7. The molecule has 0 atom stereocenters. The molecule has 0 saturated carbocycles. The minimum atomic E-state index is -4.04. The summed E-state index contributed by atoms with van der Waals surface area (Å²) in [6.07, 6.45) is 1.53. The Morgan fingerprint density at radius 1 is 1.15 bits per heavy atom. The third-order valence-electron chi connectivity index (χ3n) is 3.79. The molecule has 0 aliphatic heterocycles. The van der Waals surface area contributed by atoms with Crippen LogP contribution in [0.1, 0.15) is 27.0 Å². The van der Waals surface area contributed by atoms with Crippen LogP contribution in [0.25, 0.3) is 0 Å². The van der Waals surface area contributed by atoms with Crippen LogP contribution in [0.4, 0.5) is 0 Å². The minimum absolute atomic E-state index is 0.0690. The number of ether oxygens (including phenoxy) is 1. The van der Waals surface area contributed by atoms with Gasteiger partial charge in [-0.25, -0.2) is 0 Å². The number of hydrogen-bond acceptors (Lipinski definition) is 5. The van der Waals surface area contributed by atoms with Gasteiger partial charge >= 0.3 is 10.1 Å². The van der Waals surface area contributed by atoms with Crippen molar-refractivity contribution in [3.8, 4) is 11.5 Å². The molecule has 0 radical (unpaired) electrons. The maximum absolute atomic E-state index is 12.8. The average molecular weight is 453 g/mol. The molecular formula is C20H21BrO5S. The Bertz CT molecular complexity index is 957. The summed E-state index contributed by atoms with van der Waals surface area (Å²) >= 11 is 3.12. The van der Waals surface area contributed by atoms with E-state index in [4.69, 9.17) is 8.92 Å². The first-order valence-electron chi connectivity index (χ1n) is 8.19. The highest BCUT2D eigenvalue weighted by Crippen LogP contribution is 2.30. The predicted octanol–water partition coefficient (Wildman–Crippen LogP) is 4.52. The lowest BCUT2D eigenvalue weighted by Crippen LogP contribution is -2.14. The summed E-state index contributed by atoms with van der Waals surface area (Å²) in [5.41, 5.74) is 2.53. The van der Waals surface area contributed by atoms with Gasteiger partial charge in [0.05, 0.1) is 10.9 Å². The van der Waals surface area contributed by atoms with E-state index in [0.29, 0.717) is 16.7 Å². The molecule has 0 spiro atoms. The van der Waals surface area contributed by atoms with Crippen molar-refractivity contribution in [1.82, 2.24) is 0 Å². The zero-order chi connectivity index (χ0) is 20.2. The molecule has 0 aliphatic rings. The highest BCUT2D eigenvalue weighted by molar-refractivity contribution is 9.09. The summed E-state index contributed by atoms with van der Waals surface area (Å²) in [7, 11) is -4.04. The van der Waals surface area contributed by atoms with Crippen molar-refractivity contribution in [3.05, 3.63) is 65.2 Å². The lowest BCUT2D eigenvalue weighted by molar-refractivity contribution is 0.102. The fraction of sp³-hybridized carbons (Fsp3) is 0.250. The average Bonchev–Trinajstić information content (AvgIpc) is 2.57. The zero-order valence-corrected chi connectivity index (χ0v) is 17.8. The van der Waals surface area contributed by atoms with Crippen molar-refractivity contribution in [1.29, 1.82) is 0 Å². The van der Waals surface area contributed by atoms with Gasteiger partial charge in [0.25, 0.3) is 0 Å². The van der Waals surface area contributed by atoms with Crippen LogP contribution < -0.4 is 8.92 Å². The number of aryl methyl sites for hydroxylation is 3. The third kappa shape index (κ3) is 4.99. The van der Waals surface area contributed by atoms with E-state index < -0.39 is 10.1 Å². The maximum Gasteiger partial charge on any atom is 0.339 e. The highest BCUT2D eigenvalue weighted by atomic mass is 79.9. The Hall–Kier alpha value is -2.12.